The minimum Gasteiger partial charge on any atom is -0.495 e. The van der Waals surface area contributed by atoms with Crippen LogP contribution in [0.1, 0.15) is 15.2 Å². The quantitative estimate of drug-likeness (QED) is 0.536. The van der Waals surface area contributed by atoms with Crippen molar-refractivity contribution in [1.29, 1.82) is 0 Å². The number of methoxy groups -OCH3 is 1. The van der Waals surface area contributed by atoms with Gasteiger partial charge in [-0.1, -0.05) is 17.7 Å². The zero-order chi connectivity index (χ0) is 18.3. The van der Waals surface area contributed by atoms with Crippen LogP contribution < -0.4 is 10.1 Å². The van der Waals surface area contributed by atoms with E-state index in [1.165, 1.54) is 11.3 Å². The molecule has 0 unspecified atom stereocenters. The van der Waals surface area contributed by atoms with Crippen LogP contribution in [0.15, 0.2) is 42.6 Å². The Labute approximate surface area is 158 Å². The van der Waals surface area contributed by atoms with Crippen molar-refractivity contribution in [3.05, 3.63) is 58.1 Å². The number of rotatable bonds is 3. The Kier molecular flexibility index (Phi) is 4.22. The number of pyridine rings is 2. The smallest absolute Gasteiger partial charge is 0.266 e. The van der Waals surface area contributed by atoms with E-state index in [-0.39, 0.29) is 5.91 Å². The summed E-state index contributed by atoms with van der Waals surface area (Å²) in [6.45, 7) is 1.95. The summed E-state index contributed by atoms with van der Waals surface area (Å²) in [6.07, 6.45) is 1.71. The average Bonchev–Trinajstić information content (AvgIpc) is 3.06. The lowest BCUT2D eigenvalue weighted by molar-refractivity contribution is 0.103. The van der Waals surface area contributed by atoms with E-state index in [0.717, 1.165) is 21.2 Å². The van der Waals surface area contributed by atoms with Crippen molar-refractivity contribution >= 4 is 55.8 Å². The highest BCUT2D eigenvalue weighted by molar-refractivity contribution is 7.20. The fraction of sp³-hybridized carbons (Fsp3) is 0.105. The fourth-order valence-corrected chi connectivity index (χ4v) is 3.84. The summed E-state index contributed by atoms with van der Waals surface area (Å²) in [7, 11) is 1.57. The van der Waals surface area contributed by atoms with Gasteiger partial charge in [-0.25, -0.2) is 9.97 Å². The number of aryl methyl sites for hydroxylation is 1. The van der Waals surface area contributed by atoms with Gasteiger partial charge in [0.05, 0.1) is 17.5 Å². The van der Waals surface area contributed by atoms with Gasteiger partial charge in [0.2, 0.25) is 0 Å². The fourth-order valence-electron chi connectivity index (χ4n) is 2.64. The molecule has 4 aromatic rings. The molecule has 130 valence electrons. The van der Waals surface area contributed by atoms with Crippen LogP contribution in [0.4, 0.5) is 5.82 Å². The number of halogens is 1. The lowest BCUT2D eigenvalue weighted by Gasteiger charge is -2.05. The highest BCUT2D eigenvalue weighted by Crippen LogP contribution is 2.35. The summed E-state index contributed by atoms with van der Waals surface area (Å²) in [5.74, 6) is 0.882. The number of carbonyl (C=O) groups excluding carboxylic acids is 1. The van der Waals surface area contributed by atoms with E-state index in [1.807, 2.05) is 31.2 Å². The number of ether oxygens (including phenoxy) is 1. The maximum atomic E-state index is 12.5. The van der Waals surface area contributed by atoms with Crippen LogP contribution in [0.3, 0.4) is 0 Å². The molecule has 0 fully saturated rings. The maximum absolute atomic E-state index is 12.5. The molecule has 0 aliphatic heterocycles. The molecule has 3 aromatic heterocycles. The van der Waals surface area contributed by atoms with Crippen molar-refractivity contribution in [3.8, 4) is 5.75 Å². The lowest BCUT2D eigenvalue weighted by Crippen LogP contribution is -2.11. The number of hydrogen-bond acceptors (Lipinski definition) is 5. The van der Waals surface area contributed by atoms with E-state index >= 15 is 0 Å². The molecule has 5 nitrogen and oxygen atoms in total. The minimum atomic E-state index is -0.211. The van der Waals surface area contributed by atoms with E-state index in [2.05, 4.69) is 15.3 Å². The second kappa shape index (κ2) is 6.55. The first-order valence-electron chi connectivity index (χ1n) is 7.86. The molecule has 0 atom stereocenters. The van der Waals surface area contributed by atoms with E-state index < -0.39 is 0 Å². The normalized spacial score (nSPS) is 11.0. The van der Waals surface area contributed by atoms with Crippen molar-refractivity contribution in [1.82, 2.24) is 9.97 Å². The molecule has 0 aliphatic rings. The Balaban J connectivity index is 1.72. The Hall–Kier alpha value is -2.70. The zero-order valence-corrected chi connectivity index (χ0v) is 15.6. The van der Waals surface area contributed by atoms with E-state index in [0.29, 0.717) is 27.0 Å². The second-order valence-corrected chi connectivity index (χ2v) is 7.23. The summed E-state index contributed by atoms with van der Waals surface area (Å²) in [5, 5.41) is 5.06. The number of thiophene rings is 1. The van der Waals surface area contributed by atoms with Crippen molar-refractivity contribution in [3.63, 3.8) is 0 Å². The first-order chi connectivity index (χ1) is 12.5. The molecule has 0 saturated heterocycles. The molecule has 26 heavy (non-hydrogen) atoms. The van der Waals surface area contributed by atoms with Gasteiger partial charge >= 0.3 is 0 Å². The molecular weight excluding hydrogens is 370 g/mol. The van der Waals surface area contributed by atoms with Gasteiger partial charge < -0.3 is 10.1 Å². The van der Waals surface area contributed by atoms with Gasteiger partial charge in [-0.3, -0.25) is 4.79 Å². The number of anilines is 1. The number of fused-ring (bicyclic) bond motifs is 2. The highest BCUT2D eigenvalue weighted by atomic mass is 35.5. The molecular formula is C19H14ClN3O2S. The van der Waals surface area contributed by atoms with Crippen LogP contribution >= 0.6 is 22.9 Å². The van der Waals surface area contributed by atoms with Crippen LogP contribution in [0, 0.1) is 6.92 Å². The number of carbonyl (C=O) groups is 1. The van der Waals surface area contributed by atoms with Crippen LogP contribution in [-0.2, 0) is 0 Å². The molecule has 3 heterocycles. The standard InChI is InChI=1S/C19H14ClN3O2S/c1-10-3-6-15(21-9-10)22-18(24)14-8-12-7-11-4-5-13(25-2)16(20)17(11)23-19(12)26-14/h3-9H,1-2H3,(H,21,22,24). The molecule has 0 saturated carbocycles. The Morgan fingerprint density at radius 3 is 2.77 bits per heavy atom. The van der Waals surface area contributed by atoms with Gasteiger partial charge in [-0.15, -0.1) is 11.3 Å². The minimum absolute atomic E-state index is 0.211. The van der Waals surface area contributed by atoms with E-state index in [9.17, 15) is 4.79 Å². The van der Waals surface area contributed by atoms with Crippen LogP contribution in [0.2, 0.25) is 5.02 Å². The number of hydrogen-bond donors (Lipinski definition) is 1. The third-order valence-electron chi connectivity index (χ3n) is 3.97. The average molecular weight is 384 g/mol. The van der Waals surface area contributed by atoms with Crippen molar-refractivity contribution in [2.24, 2.45) is 0 Å². The van der Waals surface area contributed by atoms with Gasteiger partial charge in [-0.2, -0.15) is 0 Å². The first-order valence-corrected chi connectivity index (χ1v) is 9.05. The summed E-state index contributed by atoms with van der Waals surface area (Å²) >= 11 is 7.68. The van der Waals surface area contributed by atoms with E-state index in [4.69, 9.17) is 16.3 Å². The Morgan fingerprint density at radius 1 is 1.19 bits per heavy atom. The molecule has 0 aliphatic carbocycles. The molecule has 0 radical (unpaired) electrons. The maximum Gasteiger partial charge on any atom is 0.266 e. The van der Waals surface area contributed by atoms with Gasteiger partial charge in [0.1, 0.15) is 21.4 Å². The largest absolute Gasteiger partial charge is 0.495 e. The third kappa shape index (κ3) is 2.98. The zero-order valence-electron chi connectivity index (χ0n) is 14.0. The van der Waals surface area contributed by atoms with Crippen molar-refractivity contribution in [2.75, 3.05) is 12.4 Å². The van der Waals surface area contributed by atoms with Gasteiger partial charge in [0.15, 0.2) is 0 Å². The molecule has 1 amide bonds. The molecule has 1 aromatic carbocycles. The molecule has 7 heteroatoms. The monoisotopic (exact) mass is 383 g/mol. The second-order valence-electron chi connectivity index (χ2n) is 5.82. The summed E-state index contributed by atoms with van der Waals surface area (Å²) in [6, 6.07) is 11.2. The Bertz CT molecular complexity index is 1140. The van der Waals surface area contributed by atoms with Crippen LogP contribution in [-0.4, -0.2) is 23.0 Å². The summed E-state index contributed by atoms with van der Waals surface area (Å²) < 4.78 is 5.24. The predicted molar refractivity (Wildman–Crippen MR) is 106 cm³/mol. The first kappa shape index (κ1) is 16.8. The molecule has 0 spiro atoms. The SMILES string of the molecule is COc1ccc2cc3cc(C(=O)Nc4ccc(C)cn4)sc3nc2c1Cl. The molecule has 0 bridgehead atoms. The van der Waals surface area contributed by atoms with Gasteiger partial charge in [0, 0.05) is 17.0 Å². The molecule has 4 rings (SSSR count). The lowest BCUT2D eigenvalue weighted by atomic mass is 10.2. The number of aromatic nitrogens is 2. The number of benzene rings is 1. The van der Waals surface area contributed by atoms with Crippen molar-refractivity contribution in [2.45, 2.75) is 6.92 Å². The topological polar surface area (TPSA) is 64.1 Å². The summed E-state index contributed by atoms with van der Waals surface area (Å²) in [4.78, 5) is 22.6. The number of nitrogens with one attached hydrogen (secondary N) is 1. The van der Waals surface area contributed by atoms with Crippen LogP contribution in [0.25, 0.3) is 21.1 Å². The van der Waals surface area contributed by atoms with Gasteiger partial charge in [0.25, 0.3) is 5.91 Å². The van der Waals surface area contributed by atoms with E-state index in [1.54, 1.807) is 25.4 Å². The third-order valence-corrected chi connectivity index (χ3v) is 5.38. The molecule has 1 N–H and O–H groups in total. The Morgan fingerprint density at radius 2 is 2.04 bits per heavy atom. The van der Waals surface area contributed by atoms with Crippen LogP contribution in [0.5, 0.6) is 5.75 Å². The van der Waals surface area contributed by atoms with Gasteiger partial charge in [-0.05, 0) is 42.8 Å². The highest BCUT2D eigenvalue weighted by Gasteiger charge is 2.14. The van der Waals surface area contributed by atoms with Crippen molar-refractivity contribution < 1.29 is 9.53 Å². The number of nitrogens with zero attached hydrogens (tertiary/aromatic N) is 2. The number of amides is 1. The predicted octanol–water partition coefficient (Wildman–Crippen LogP) is 5.07. The summed E-state index contributed by atoms with van der Waals surface area (Å²) in [5.41, 5.74) is 1.69.